The number of halogens is 3. The molecule has 0 spiro atoms. The molecule has 1 N–H and O–H groups in total. The van der Waals surface area contributed by atoms with E-state index >= 15 is 0 Å². The van der Waals surface area contributed by atoms with Gasteiger partial charge in [0.2, 0.25) is 0 Å². The molecular formula is C9H8F2INO3. The second-order valence-electron chi connectivity index (χ2n) is 2.89. The van der Waals surface area contributed by atoms with E-state index in [9.17, 15) is 13.6 Å². The molecule has 0 unspecified atom stereocenters. The fraction of sp³-hybridized carbons (Fsp3) is 0.333. The maximum atomic E-state index is 12.6. The van der Waals surface area contributed by atoms with Crippen LogP contribution in [0.3, 0.4) is 0 Å². The molecule has 7 heteroatoms. The van der Waals surface area contributed by atoms with Gasteiger partial charge in [0, 0.05) is 11.8 Å². The molecule has 0 aromatic carbocycles. The summed E-state index contributed by atoms with van der Waals surface area (Å²) in [5.41, 5.74) is -0.215. The lowest BCUT2D eigenvalue weighted by atomic mass is 10.1. The van der Waals surface area contributed by atoms with Gasteiger partial charge in [-0.2, -0.15) is 0 Å². The summed E-state index contributed by atoms with van der Waals surface area (Å²) in [5.74, 6) is -1.22. The number of pyridine rings is 1. The highest BCUT2D eigenvalue weighted by Gasteiger charge is 2.21. The largest absolute Gasteiger partial charge is 0.496 e. The van der Waals surface area contributed by atoms with Crippen LogP contribution in [0.15, 0.2) is 6.20 Å². The minimum absolute atomic E-state index is 0.100. The van der Waals surface area contributed by atoms with Crippen LogP contribution >= 0.6 is 22.6 Å². The summed E-state index contributed by atoms with van der Waals surface area (Å²) in [4.78, 5) is 14.3. The van der Waals surface area contributed by atoms with Crippen molar-refractivity contribution in [2.45, 2.75) is 12.8 Å². The zero-order chi connectivity index (χ0) is 12.3. The molecule has 0 fully saturated rings. The molecule has 0 aliphatic carbocycles. The second-order valence-corrected chi connectivity index (χ2v) is 3.91. The molecule has 0 atom stereocenters. The van der Waals surface area contributed by atoms with Crippen molar-refractivity contribution in [3.63, 3.8) is 0 Å². The van der Waals surface area contributed by atoms with E-state index in [1.807, 2.05) is 0 Å². The number of rotatable bonds is 4. The molecule has 0 saturated carbocycles. The molecule has 88 valence electrons. The van der Waals surface area contributed by atoms with E-state index in [0.717, 1.165) is 6.20 Å². The number of carboxylic acids is 1. The van der Waals surface area contributed by atoms with Gasteiger partial charge in [-0.15, -0.1) is 0 Å². The molecule has 0 aliphatic heterocycles. The lowest BCUT2D eigenvalue weighted by Crippen LogP contribution is -2.08. The van der Waals surface area contributed by atoms with Gasteiger partial charge in [-0.05, 0) is 22.6 Å². The SMILES string of the molecule is COc1c(C(F)F)cnc(I)c1CC(=O)O. The number of aromatic nitrogens is 1. The first-order valence-electron chi connectivity index (χ1n) is 4.18. The van der Waals surface area contributed by atoms with Gasteiger partial charge in [0.25, 0.3) is 6.43 Å². The first kappa shape index (κ1) is 13.1. The molecule has 4 nitrogen and oxygen atoms in total. The lowest BCUT2D eigenvalue weighted by Gasteiger charge is -2.12. The highest BCUT2D eigenvalue weighted by molar-refractivity contribution is 14.1. The van der Waals surface area contributed by atoms with Gasteiger partial charge in [0.1, 0.15) is 9.45 Å². The number of ether oxygens (including phenoxy) is 1. The van der Waals surface area contributed by atoms with E-state index in [1.165, 1.54) is 7.11 Å². The van der Waals surface area contributed by atoms with E-state index in [-0.39, 0.29) is 16.9 Å². The van der Waals surface area contributed by atoms with Crippen molar-refractivity contribution >= 4 is 28.6 Å². The molecule has 0 saturated heterocycles. The Morgan fingerprint density at radius 2 is 2.31 bits per heavy atom. The van der Waals surface area contributed by atoms with E-state index in [2.05, 4.69) is 4.98 Å². The van der Waals surface area contributed by atoms with Crippen LogP contribution in [-0.2, 0) is 11.2 Å². The molecule has 0 radical (unpaired) electrons. The van der Waals surface area contributed by atoms with Crippen molar-refractivity contribution in [3.8, 4) is 5.75 Å². The first-order chi connectivity index (χ1) is 7.47. The van der Waals surface area contributed by atoms with Crippen molar-refractivity contribution in [3.05, 3.63) is 21.0 Å². The van der Waals surface area contributed by atoms with Gasteiger partial charge in [-0.3, -0.25) is 4.79 Å². The van der Waals surface area contributed by atoms with Crippen molar-refractivity contribution in [2.24, 2.45) is 0 Å². The predicted octanol–water partition coefficient (Wildman–Crippen LogP) is 2.26. The molecule has 0 bridgehead atoms. The summed E-state index contributed by atoms with van der Waals surface area (Å²) in [6.45, 7) is 0. The van der Waals surface area contributed by atoms with E-state index < -0.39 is 18.8 Å². The highest BCUT2D eigenvalue weighted by Crippen LogP contribution is 2.33. The van der Waals surface area contributed by atoms with Crippen LogP contribution in [0.1, 0.15) is 17.6 Å². The number of alkyl halides is 2. The first-order valence-corrected chi connectivity index (χ1v) is 5.26. The third kappa shape index (κ3) is 2.77. The average molecular weight is 343 g/mol. The van der Waals surface area contributed by atoms with Crippen molar-refractivity contribution < 1.29 is 23.4 Å². The topological polar surface area (TPSA) is 59.4 Å². The number of carboxylic acid groups (broad SMARTS) is 1. The summed E-state index contributed by atoms with van der Waals surface area (Å²) in [6, 6.07) is 0. The molecule has 0 aliphatic rings. The zero-order valence-electron chi connectivity index (χ0n) is 8.21. The Morgan fingerprint density at radius 3 is 2.75 bits per heavy atom. The number of methoxy groups -OCH3 is 1. The van der Waals surface area contributed by atoms with Gasteiger partial charge < -0.3 is 9.84 Å². The predicted molar refractivity (Wildman–Crippen MR) is 59.8 cm³/mol. The van der Waals surface area contributed by atoms with Gasteiger partial charge >= 0.3 is 5.97 Å². The monoisotopic (exact) mass is 343 g/mol. The van der Waals surface area contributed by atoms with Gasteiger partial charge in [-0.25, -0.2) is 13.8 Å². The van der Waals surface area contributed by atoms with Crippen LogP contribution < -0.4 is 4.74 Å². The fourth-order valence-corrected chi connectivity index (χ4v) is 1.81. The second kappa shape index (κ2) is 5.37. The maximum Gasteiger partial charge on any atom is 0.308 e. The summed E-state index contributed by atoms with van der Waals surface area (Å²) in [7, 11) is 1.22. The molecule has 1 aromatic rings. The van der Waals surface area contributed by atoms with Crippen LogP contribution in [0, 0.1) is 3.70 Å². The molecule has 16 heavy (non-hydrogen) atoms. The van der Waals surface area contributed by atoms with E-state index in [0.29, 0.717) is 3.70 Å². The Hall–Kier alpha value is -0.990. The standard InChI is InChI=1S/C9H8F2INO3/c1-16-7-4(2-6(14)15)9(12)13-3-5(7)8(10)11/h3,8H,2H2,1H3,(H,14,15). The number of hydrogen-bond acceptors (Lipinski definition) is 3. The highest BCUT2D eigenvalue weighted by atomic mass is 127. The fourth-order valence-electron chi connectivity index (χ4n) is 1.23. The van der Waals surface area contributed by atoms with Crippen LogP contribution in [0.5, 0.6) is 5.75 Å². The Balaban J connectivity index is 3.32. The van der Waals surface area contributed by atoms with Crippen molar-refractivity contribution in [2.75, 3.05) is 7.11 Å². The quantitative estimate of drug-likeness (QED) is 0.673. The van der Waals surface area contributed by atoms with E-state index in [4.69, 9.17) is 9.84 Å². The van der Waals surface area contributed by atoms with Crippen LogP contribution in [-0.4, -0.2) is 23.2 Å². The minimum atomic E-state index is -2.74. The molecule has 0 amide bonds. The number of nitrogens with zero attached hydrogens (tertiary/aromatic N) is 1. The van der Waals surface area contributed by atoms with Crippen LogP contribution in [0.4, 0.5) is 8.78 Å². The zero-order valence-corrected chi connectivity index (χ0v) is 10.4. The smallest absolute Gasteiger partial charge is 0.308 e. The minimum Gasteiger partial charge on any atom is -0.496 e. The molecular weight excluding hydrogens is 335 g/mol. The maximum absolute atomic E-state index is 12.6. The number of hydrogen-bond donors (Lipinski definition) is 1. The average Bonchev–Trinajstić information content (AvgIpc) is 2.19. The van der Waals surface area contributed by atoms with Gasteiger partial charge in [0.15, 0.2) is 0 Å². The number of carbonyl (C=O) groups is 1. The van der Waals surface area contributed by atoms with E-state index in [1.54, 1.807) is 22.6 Å². The van der Waals surface area contributed by atoms with Crippen molar-refractivity contribution in [1.29, 1.82) is 0 Å². The summed E-state index contributed by atoms with van der Waals surface area (Å²) in [6.07, 6.45) is -2.14. The Bertz CT molecular complexity index is 412. The van der Waals surface area contributed by atoms with Crippen LogP contribution in [0.2, 0.25) is 0 Å². The summed E-state index contributed by atoms with van der Waals surface area (Å²) < 4.78 is 30.4. The molecule has 1 aromatic heterocycles. The lowest BCUT2D eigenvalue weighted by molar-refractivity contribution is -0.136. The van der Waals surface area contributed by atoms with Crippen molar-refractivity contribution in [1.82, 2.24) is 4.98 Å². The van der Waals surface area contributed by atoms with Gasteiger partial charge in [-0.1, -0.05) is 0 Å². The summed E-state index contributed by atoms with van der Waals surface area (Å²) >= 11 is 1.78. The summed E-state index contributed by atoms with van der Waals surface area (Å²) in [5, 5.41) is 8.67. The normalized spacial score (nSPS) is 10.6. The van der Waals surface area contributed by atoms with Crippen LogP contribution in [0.25, 0.3) is 0 Å². The Kier molecular flexibility index (Phi) is 4.39. The van der Waals surface area contributed by atoms with Gasteiger partial charge in [0.05, 0.1) is 19.1 Å². The molecule has 1 heterocycles. The third-order valence-corrected chi connectivity index (χ3v) is 2.80. The molecule has 1 rings (SSSR count). The third-order valence-electron chi connectivity index (χ3n) is 1.87. The Labute approximate surface area is 104 Å². The number of aliphatic carboxylic acids is 1. The Morgan fingerprint density at radius 1 is 1.69 bits per heavy atom.